The number of phenols is 1. The van der Waals surface area contributed by atoms with Crippen LogP contribution in [0.2, 0.25) is 0 Å². The Labute approximate surface area is 90.8 Å². The van der Waals surface area contributed by atoms with E-state index in [0.29, 0.717) is 5.75 Å². The third-order valence-corrected chi connectivity index (χ3v) is 3.22. The minimum atomic E-state index is 0.127. The van der Waals surface area contributed by atoms with Crippen LogP contribution >= 0.6 is 0 Å². The predicted octanol–water partition coefficient (Wildman–Crippen LogP) is 3.56. The van der Waals surface area contributed by atoms with Crippen LogP contribution in [0, 0.1) is 0 Å². The summed E-state index contributed by atoms with van der Waals surface area (Å²) in [5, 5.41) is 9.28. The molecule has 0 spiro atoms. The molecule has 0 aliphatic heterocycles. The Morgan fingerprint density at radius 1 is 1.20 bits per heavy atom. The Kier molecular flexibility index (Phi) is 2.63. The van der Waals surface area contributed by atoms with E-state index in [0.717, 1.165) is 12.8 Å². The Balaban J connectivity index is 2.38. The Morgan fingerprint density at radius 2 is 1.93 bits per heavy atom. The van der Waals surface area contributed by atoms with Crippen LogP contribution in [-0.2, 0) is 5.41 Å². The Bertz CT molecular complexity index is 386. The number of hydrogen-bond acceptors (Lipinski definition) is 1. The van der Waals surface area contributed by atoms with Crippen LogP contribution in [0.3, 0.4) is 0 Å². The van der Waals surface area contributed by atoms with E-state index in [2.05, 4.69) is 31.2 Å². The fraction of sp³-hybridized carbons (Fsp3) is 0.286. The van der Waals surface area contributed by atoms with Crippen molar-refractivity contribution >= 4 is 0 Å². The molecule has 78 valence electrons. The summed E-state index contributed by atoms with van der Waals surface area (Å²) >= 11 is 0. The largest absolute Gasteiger partial charge is 0.508 e. The van der Waals surface area contributed by atoms with Crippen LogP contribution in [-0.4, -0.2) is 5.11 Å². The monoisotopic (exact) mass is 200 g/mol. The maximum atomic E-state index is 9.28. The number of aromatic hydroxyl groups is 1. The third-order valence-electron chi connectivity index (χ3n) is 3.22. The topological polar surface area (TPSA) is 20.2 Å². The minimum absolute atomic E-state index is 0.127. The van der Waals surface area contributed by atoms with E-state index in [4.69, 9.17) is 0 Å². The van der Waals surface area contributed by atoms with E-state index in [1.807, 2.05) is 12.1 Å². The van der Waals surface area contributed by atoms with Crippen molar-refractivity contribution in [1.29, 1.82) is 0 Å². The molecule has 1 unspecified atom stereocenters. The highest BCUT2D eigenvalue weighted by Crippen LogP contribution is 2.36. The number of allylic oxidation sites excluding steroid dienone is 4. The third kappa shape index (κ3) is 1.82. The molecule has 0 heterocycles. The highest BCUT2D eigenvalue weighted by molar-refractivity contribution is 5.38. The summed E-state index contributed by atoms with van der Waals surface area (Å²) in [6, 6.07) is 7.56. The SMILES string of the molecule is CCC1(c2ccc(O)cc2)C=CC=CC1. The summed E-state index contributed by atoms with van der Waals surface area (Å²) in [6.45, 7) is 2.20. The van der Waals surface area contributed by atoms with Crippen molar-refractivity contribution in [3.05, 3.63) is 54.1 Å². The average molecular weight is 200 g/mol. The number of hydrogen-bond donors (Lipinski definition) is 1. The first kappa shape index (κ1) is 10.0. The van der Waals surface area contributed by atoms with Gasteiger partial charge in [-0.2, -0.15) is 0 Å². The number of benzene rings is 1. The maximum Gasteiger partial charge on any atom is 0.115 e. The van der Waals surface area contributed by atoms with Gasteiger partial charge in [0.1, 0.15) is 5.75 Å². The Hall–Kier alpha value is -1.50. The molecule has 0 fully saturated rings. The van der Waals surface area contributed by atoms with Gasteiger partial charge in [-0.3, -0.25) is 0 Å². The van der Waals surface area contributed by atoms with Gasteiger partial charge in [0.25, 0.3) is 0 Å². The lowest BCUT2D eigenvalue weighted by molar-refractivity contribution is 0.472. The molecule has 0 aromatic heterocycles. The van der Waals surface area contributed by atoms with Crippen molar-refractivity contribution in [3.8, 4) is 5.75 Å². The maximum absolute atomic E-state index is 9.28. The zero-order valence-electron chi connectivity index (χ0n) is 8.98. The van der Waals surface area contributed by atoms with Crippen molar-refractivity contribution < 1.29 is 5.11 Å². The summed E-state index contributed by atoms with van der Waals surface area (Å²) in [5.41, 5.74) is 1.41. The summed E-state index contributed by atoms with van der Waals surface area (Å²) in [6.07, 6.45) is 10.8. The molecule has 1 atom stereocenters. The second-order valence-electron chi connectivity index (χ2n) is 4.05. The number of rotatable bonds is 2. The summed E-state index contributed by atoms with van der Waals surface area (Å²) < 4.78 is 0. The molecule has 0 bridgehead atoms. The van der Waals surface area contributed by atoms with Gasteiger partial charge in [0.2, 0.25) is 0 Å². The van der Waals surface area contributed by atoms with Gasteiger partial charge in [-0.15, -0.1) is 0 Å². The van der Waals surface area contributed by atoms with Gasteiger partial charge in [0.05, 0.1) is 0 Å². The second-order valence-corrected chi connectivity index (χ2v) is 4.05. The van der Waals surface area contributed by atoms with Gasteiger partial charge in [-0.05, 0) is 30.5 Å². The summed E-state index contributed by atoms with van der Waals surface area (Å²) in [4.78, 5) is 0. The lowest BCUT2D eigenvalue weighted by Crippen LogP contribution is -2.22. The molecule has 1 N–H and O–H groups in total. The smallest absolute Gasteiger partial charge is 0.115 e. The highest BCUT2D eigenvalue weighted by atomic mass is 16.3. The first-order chi connectivity index (χ1) is 7.27. The molecular weight excluding hydrogens is 184 g/mol. The molecule has 1 aromatic rings. The summed E-state index contributed by atoms with van der Waals surface area (Å²) in [5.74, 6) is 0.334. The van der Waals surface area contributed by atoms with E-state index in [9.17, 15) is 5.11 Å². The molecule has 1 heteroatoms. The molecule has 0 saturated heterocycles. The minimum Gasteiger partial charge on any atom is -0.508 e. The van der Waals surface area contributed by atoms with Gasteiger partial charge in [0, 0.05) is 5.41 Å². The molecule has 0 amide bonds. The van der Waals surface area contributed by atoms with Crippen molar-refractivity contribution in [2.75, 3.05) is 0 Å². The van der Waals surface area contributed by atoms with Crippen molar-refractivity contribution in [2.45, 2.75) is 25.2 Å². The zero-order chi connectivity index (χ0) is 10.7. The van der Waals surface area contributed by atoms with Gasteiger partial charge < -0.3 is 5.11 Å². The van der Waals surface area contributed by atoms with Gasteiger partial charge in [0.15, 0.2) is 0 Å². The molecule has 0 saturated carbocycles. The van der Waals surface area contributed by atoms with Crippen LogP contribution in [0.5, 0.6) is 5.75 Å². The molecule has 2 rings (SSSR count). The molecule has 0 radical (unpaired) electrons. The molecular formula is C14H16O. The van der Waals surface area contributed by atoms with Crippen molar-refractivity contribution in [1.82, 2.24) is 0 Å². The van der Waals surface area contributed by atoms with E-state index in [-0.39, 0.29) is 5.41 Å². The molecule has 1 aliphatic rings. The number of phenolic OH excluding ortho intramolecular Hbond substituents is 1. The molecule has 1 aromatic carbocycles. The van der Waals surface area contributed by atoms with Crippen LogP contribution < -0.4 is 0 Å². The van der Waals surface area contributed by atoms with Crippen LogP contribution in [0.25, 0.3) is 0 Å². The Morgan fingerprint density at radius 3 is 2.47 bits per heavy atom. The van der Waals surface area contributed by atoms with E-state index in [1.165, 1.54) is 5.56 Å². The van der Waals surface area contributed by atoms with Gasteiger partial charge >= 0.3 is 0 Å². The van der Waals surface area contributed by atoms with Crippen LogP contribution in [0.15, 0.2) is 48.6 Å². The van der Waals surface area contributed by atoms with Crippen LogP contribution in [0.4, 0.5) is 0 Å². The van der Waals surface area contributed by atoms with Crippen molar-refractivity contribution in [3.63, 3.8) is 0 Å². The van der Waals surface area contributed by atoms with E-state index in [1.54, 1.807) is 12.1 Å². The predicted molar refractivity (Wildman–Crippen MR) is 63.0 cm³/mol. The zero-order valence-corrected chi connectivity index (χ0v) is 8.98. The molecule has 1 nitrogen and oxygen atoms in total. The van der Waals surface area contributed by atoms with Crippen LogP contribution in [0.1, 0.15) is 25.3 Å². The quantitative estimate of drug-likeness (QED) is 0.774. The lowest BCUT2D eigenvalue weighted by atomic mass is 9.73. The first-order valence-corrected chi connectivity index (χ1v) is 5.41. The fourth-order valence-electron chi connectivity index (χ4n) is 2.14. The molecule has 15 heavy (non-hydrogen) atoms. The fourth-order valence-corrected chi connectivity index (χ4v) is 2.14. The highest BCUT2D eigenvalue weighted by Gasteiger charge is 2.26. The molecule has 1 aliphatic carbocycles. The first-order valence-electron chi connectivity index (χ1n) is 5.41. The van der Waals surface area contributed by atoms with E-state index >= 15 is 0 Å². The second kappa shape index (κ2) is 3.93. The van der Waals surface area contributed by atoms with Gasteiger partial charge in [-0.1, -0.05) is 43.4 Å². The van der Waals surface area contributed by atoms with Gasteiger partial charge in [-0.25, -0.2) is 0 Å². The van der Waals surface area contributed by atoms with Crippen molar-refractivity contribution in [2.24, 2.45) is 0 Å². The average Bonchev–Trinajstić information content (AvgIpc) is 2.31. The normalized spacial score (nSPS) is 24.3. The summed E-state index contributed by atoms with van der Waals surface area (Å²) in [7, 11) is 0. The standard InChI is InChI=1S/C14H16O/c1-2-14(10-4-3-5-11-14)12-6-8-13(15)9-7-12/h3-10,15H,2,11H2,1H3. The van der Waals surface area contributed by atoms with E-state index < -0.39 is 0 Å². The lowest BCUT2D eigenvalue weighted by Gasteiger charge is -2.30.